The van der Waals surface area contributed by atoms with Crippen molar-refractivity contribution in [2.45, 2.75) is 39.2 Å². The minimum Gasteiger partial charge on any atom is -0.309 e. The molecule has 148 valence electrons. The van der Waals surface area contributed by atoms with Crippen molar-refractivity contribution in [3.63, 3.8) is 0 Å². The van der Waals surface area contributed by atoms with Gasteiger partial charge in [-0.05, 0) is 43.0 Å². The average Bonchev–Trinajstić information content (AvgIpc) is 3.29. The largest absolute Gasteiger partial charge is 0.309 e. The van der Waals surface area contributed by atoms with Crippen molar-refractivity contribution in [2.24, 2.45) is 0 Å². The zero-order valence-corrected chi connectivity index (χ0v) is 17.3. The van der Waals surface area contributed by atoms with E-state index in [0.29, 0.717) is 18.0 Å². The van der Waals surface area contributed by atoms with Gasteiger partial charge in [0, 0.05) is 36.0 Å². The van der Waals surface area contributed by atoms with Crippen molar-refractivity contribution in [3.05, 3.63) is 65.0 Å². The van der Waals surface area contributed by atoms with Gasteiger partial charge in [0.1, 0.15) is 0 Å². The van der Waals surface area contributed by atoms with Crippen LogP contribution in [0.4, 0.5) is 10.8 Å². The molecule has 6 heteroatoms. The molecule has 0 aliphatic carbocycles. The molecule has 29 heavy (non-hydrogen) atoms. The van der Waals surface area contributed by atoms with Crippen LogP contribution in [-0.2, 0) is 22.4 Å². The number of rotatable bonds is 5. The first kappa shape index (κ1) is 19.3. The molecule has 0 saturated carbocycles. The number of benzene rings is 2. The standard InChI is InChI=1S/C23H23N3O2S/c1-15-12-19-13-18(9-10-21(19)26(15)16(2)27)20-14-29-23(24-20)25-22(28)11-8-17-6-4-3-5-7-17/h3-7,9-10,13-15H,8,11-12H2,1-2H3,(H,24,25,28). The highest BCUT2D eigenvalue weighted by Crippen LogP contribution is 2.36. The molecule has 0 saturated heterocycles. The first-order valence-corrected chi connectivity index (χ1v) is 10.6. The molecule has 1 aliphatic heterocycles. The molecule has 1 unspecified atom stereocenters. The summed E-state index contributed by atoms with van der Waals surface area (Å²) in [4.78, 5) is 30.6. The van der Waals surface area contributed by atoms with Gasteiger partial charge in [-0.2, -0.15) is 0 Å². The van der Waals surface area contributed by atoms with Crippen LogP contribution in [0.2, 0.25) is 0 Å². The van der Waals surface area contributed by atoms with Gasteiger partial charge in [0.2, 0.25) is 11.8 Å². The van der Waals surface area contributed by atoms with E-state index in [4.69, 9.17) is 0 Å². The summed E-state index contributed by atoms with van der Waals surface area (Å²) in [5.41, 5.74) is 5.13. The smallest absolute Gasteiger partial charge is 0.226 e. The summed E-state index contributed by atoms with van der Waals surface area (Å²) in [5.74, 6) is 0.0350. The van der Waals surface area contributed by atoms with E-state index in [2.05, 4.69) is 23.3 Å². The molecule has 0 radical (unpaired) electrons. The molecule has 1 aliphatic rings. The summed E-state index contributed by atoms with van der Waals surface area (Å²) in [6, 6.07) is 16.2. The summed E-state index contributed by atoms with van der Waals surface area (Å²) >= 11 is 1.43. The lowest BCUT2D eigenvalue weighted by molar-refractivity contribution is -0.117. The maximum absolute atomic E-state index is 12.2. The maximum Gasteiger partial charge on any atom is 0.226 e. The Morgan fingerprint density at radius 3 is 2.76 bits per heavy atom. The summed E-state index contributed by atoms with van der Waals surface area (Å²) in [6.07, 6.45) is 1.98. The number of fused-ring (bicyclic) bond motifs is 1. The number of aromatic nitrogens is 1. The van der Waals surface area contributed by atoms with Crippen LogP contribution in [0.5, 0.6) is 0 Å². The topological polar surface area (TPSA) is 62.3 Å². The molecule has 0 fully saturated rings. The van der Waals surface area contributed by atoms with Crippen molar-refractivity contribution in [2.75, 3.05) is 10.2 Å². The Bertz CT molecular complexity index is 1050. The van der Waals surface area contributed by atoms with Gasteiger partial charge in [-0.1, -0.05) is 36.4 Å². The SMILES string of the molecule is CC(=O)N1c2ccc(-c3csc(NC(=O)CCc4ccccc4)n3)cc2CC1C. The molecule has 2 amide bonds. The lowest BCUT2D eigenvalue weighted by Gasteiger charge is -2.20. The highest BCUT2D eigenvalue weighted by molar-refractivity contribution is 7.14. The maximum atomic E-state index is 12.2. The van der Waals surface area contributed by atoms with Gasteiger partial charge >= 0.3 is 0 Å². The number of nitrogens with zero attached hydrogens (tertiary/aromatic N) is 2. The zero-order valence-electron chi connectivity index (χ0n) is 16.5. The summed E-state index contributed by atoms with van der Waals surface area (Å²) in [6.45, 7) is 3.67. The molecule has 1 aromatic heterocycles. The van der Waals surface area contributed by atoms with Crippen LogP contribution >= 0.6 is 11.3 Å². The lowest BCUT2D eigenvalue weighted by atomic mass is 10.1. The van der Waals surface area contributed by atoms with Gasteiger partial charge in [0.15, 0.2) is 5.13 Å². The van der Waals surface area contributed by atoms with Crippen LogP contribution in [-0.4, -0.2) is 22.8 Å². The summed E-state index contributed by atoms with van der Waals surface area (Å²) in [5, 5.41) is 5.46. The van der Waals surface area contributed by atoms with Crippen molar-refractivity contribution in [1.82, 2.24) is 4.98 Å². The quantitative estimate of drug-likeness (QED) is 0.670. The van der Waals surface area contributed by atoms with E-state index >= 15 is 0 Å². The fraction of sp³-hybridized carbons (Fsp3) is 0.261. The number of hydrogen-bond acceptors (Lipinski definition) is 4. The van der Waals surface area contributed by atoms with Gasteiger partial charge in [-0.15, -0.1) is 11.3 Å². The molecular weight excluding hydrogens is 382 g/mol. The van der Waals surface area contributed by atoms with E-state index in [-0.39, 0.29) is 17.9 Å². The van der Waals surface area contributed by atoms with Crippen molar-refractivity contribution in [1.29, 1.82) is 0 Å². The van der Waals surface area contributed by atoms with Crippen LogP contribution < -0.4 is 10.2 Å². The van der Waals surface area contributed by atoms with Gasteiger partial charge in [0.25, 0.3) is 0 Å². The van der Waals surface area contributed by atoms with E-state index in [1.807, 2.05) is 52.7 Å². The number of anilines is 2. The van der Waals surface area contributed by atoms with E-state index in [9.17, 15) is 9.59 Å². The normalized spacial score (nSPS) is 15.2. The Morgan fingerprint density at radius 2 is 2.00 bits per heavy atom. The number of amides is 2. The van der Waals surface area contributed by atoms with Crippen molar-refractivity contribution < 1.29 is 9.59 Å². The van der Waals surface area contributed by atoms with E-state index in [1.165, 1.54) is 11.3 Å². The average molecular weight is 406 g/mol. The van der Waals surface area contributed by atoms with E-state index in [1.54, 1.807) is 6.92 Å². The van der Waals surface area contributed by atoms with Gasteiger partial charge in [-0.25, -0.2) is 4.98 Å². The Hall–Kier alpha value is -2.99. The Morgan fingerprint density at radius 1 is 1.21 bits per heavy atom. The highest BCUT2D eigenvalue weighted by atomic mass is 32.1. The second-order valence-corrected chi connectivity index (χ2v) is 8.22. The van der Waals surface area contributed by atoms with Gasteiger partial charge in [-0.3, -0.25) is 9.59 Å². The molecule has 3 aromatic rings. The fourth-order valence-electron chi connectivity index (χ4n) is 3.82. The highest BCUT2D eigenvalue weighted by Gasteiger charge is 2.29. The summed E-state index contributed by atoms with van der Waals surface area (Å²) in [7, 11) is 0. The molecule has 0 bridgehead atoms. The number of hydrogen-bond donors (Lipinski definition) is 1. The predicted octanol–water partition coefficient (Wildman–Crippen LogP) is 4.68. The molecule has 5 nitrogen and oxygen atoms in total. The number of thiazole rings is 1. The van der Waals surface area contributed by atoms with Crippen LogP contribution in [0.15, 0.2) is 53.9 Å². The van der Waals surface area contributed by atoms with Gasteiger partial charge in [0.05, 0.1) is 5.69 Å². The molecule has 1 atom stereocenters. The molecule has 2 heterocycles. The number of carbonyl (C=O) groups excluding carboxylic acids is 2. The Kier molecular flexibility index (Phi) is 5.45. The predicted molar refractivity (Wildman–Crippen MR) is 117 cm³/mol. The molecular formula is C23H23N3O2S. The third-order valence-corrected chi connectivity index (χ3v) is 5.92. The van der Waals surface area contributed by atoms with Gasteiger partial charge < -0.3 is 10.2 Å². The minimum atomic E-state index is -0.0327. The van der Waals surface area contributed by atoms with Crippen LogP contribution in [0.1, 0.15) is 31.4 Å². The van der Waals surface area contributed by atoms with Crippen LogP contribution in [0, 0.1) is 0 Å². The first-order chi connectivity index (χ1) is 14.0. The summed E-state index contributed by atoms with van der Waals surface area (Å²) < 4.78 is 0. The molecule has 2 aromatic carbocycles. The number of carbonyl (C=O) groups is 2. The second kappa shape index (κ2) is 8.17. The van der Waals surface area contributed by atoms with E-state index < -0.39 is 0 Å². The Labute approximate surface area is 174 Å². The first-order valence-electron chi connectivity index (χ1n) is 9.73. The van der Waals surface area contributed by atoms with Crippen LogP contribution in [0.3, 0.4) is 0 Å². The number of aryl methyl sites for hydroxylation is 1. The van der Waals surface area contributed by atoms with Crippen LogP contribution in [0.25, 0.3) is 11.3 Å². The molecule has 4 rings (SSSR count). The second-order valence-electron chi connectivity index (χ2n) is 7.36. The van der Waals surface area contributed by atoms with Crippen molar-refractivity contribution in [3.8, 4) is 11.3 Å². The number of nitrogens with one attached hydrogen (secondary N) is 1. The monoisotopic (exact) mass is 405 g/mol. The Balaban J connectivity index is 1.42. The zero-order chi connectivity index (χ0) is 20.4. The lowest BCUT2D eigenvalue weighted by Crippen LogP contribution is -2.33. The third kappa shape index (κ3) is 4.22. The minimum absolute atomic E-state index is 0.0327. The third-order valence-electron chi connectivity index (χ3n) is 5.16. The molecule has 1 N–H and O–H groups in total. The van der Waals surface area contributed by atoms with Crippen molar-refractivity contribution >= 4 is 34.0 Å². The molecule has 0 spiro atoms. The van der Waals surface area contributed by atoms with E-state index in [0.717, 1.165) is 34.5 Å². The fourth-order valence-corrected chi connectivity index (χ4v) is 4.55.